The molecule has 1 amide bonds. The summed E-state index contributed by atoms with van der Waals surface area (Å²) < 4.78 is 16.9. The summed E-state index contributed by atoms with van der Waals surface area (Å²) in [6.07, 6.45) is 8.27. The van der Waals surface area contributed by atoms with Crippen molar-refractivity contribution in [1.82, 2.24) is 19.3 Å². The van der Waals surface area contributed by atoms with Crippen LogP contribution in [-0.2, 0) is 0 Å². The SMILES string of the molecule is Cc1cn2cc(NC(=O)c3ccc(N4CCN5CCC[C@@H]5C4)cc3F)nc(C3CC3)c2n1. The number of benzene rings is 1. The fraction of sp³-hybridized carbons (Fsp3) is 0.458. The van der Waals surface area contributed by atoms with Gasteiger partial charge in [-0.15, -0.1) is 0 Å². The van der Waals surface area contributed by atoms with Crippen LogP contribution in [0.1, 0.15) is 53.3 Å². The minimum atomic E-state index is -0.504. The van der Waals surface area contributed by atoms with Crippen LogP contribution in [0.3, 0.4) is 0 Å². The number of hydrogen-bond donors (Lipinski definition) is 1. The predicted molar refractivity (Wildman–Crippen MR) is 121 cm³/mol. The van der Waals surface area contributed by atoms with E-state index in [1.807, 2.05) is 23.6 Å². The van der Waals surface area contributed by atoms with Crippen LogP contribution in [0, 0.1) is 12.7 Å². The van der Waals surface area contributed by atoms with Gasteiger partial charge in [-0.3, -0.25) is 9.69 Å². The van der Waals surface area contributed by atoms with Gasteiger partial charge in [-0.25, -0.2) is 14.4 Å². The lowest BCUT2D eigenvalue weighted by atomic mass is 10.1. The molecular weight excluding hydrogens is 407 g/mol. The number of carbonyl (C=O) groups excluding carboxylic acids is 1. The third-order valence-electron chi connectivity index (χ3n) is 6.94. The molecule has 2 aliphatic heterocycles. The van der Waals surface area contributed by atoms with E-state index in [1.165, 1.54) is 25.5 Å². The number of anilines is 2. The number of piperazine rings is 1. The van der Waals surface area contributed by atoms with Gasteiger partial charge >= 0.3 is 0 Å². The van der Waals surface area contributed by atoms with Gasteiger partial charge in [-0.2, -0.15) is 0 Å². The Labute approximate surface area is 186 Å². The average Bonchev–Trinajstić information content (AvgIpc) is 3.39. The molecule has 0 bridgehead atoms. The number of fused-ring (bicyclic) bond motifs is 2. The first-order chi connectivity index (χ1) is 15.5. The van der Waals surface area contributed by atoms with Crippen molar-refractivity contribution in [2.45, 2.75) is 44.6 Å². The van der Waals surface area contributed by atoms with Crippen molar-refractivity contribution in [3.8, 4) is 0 Å². The molecule has 1 N–H and O–H groups in total. The van der Waals surface area contributed by atoms with Crippen molar-refractivity contribution >= 4 is 23.1 Å². The van der Waals surface area contributed by atoms with Gasteiger partial charge in [-0.05, 0) is 57.4 Å². The summed E-state index contributed by atoms with van der Waals surface area (Å²) in [5, 5.41) is 2.79. The summed E-state index contributed by atoms with van der Waals surface area (Å²) in [5.41, 5.74) is 3.51. The van der Waals surface area contributed by atoms with Crippen molar-refractivity contribution in [1.29, 1.82) is 0 Å². The first kappa shape index (κ1) is 19.7. The Bertz CT molecular complexity index is 1200. The molecule has 2 saturated heterocycles. The summed E-state index contributed by atoms with van der Waals surface area (Å²) >= 11 is 0. The highest BCUT2D eigenvalue weighted by atomic mass is 19.1. The molecular formula is C24H27FN6O. The Morgan fingerprint density at radius 3 is 2.81 bits per heavy atom. The maximum atomic E-state index is 15.0. The minimum Gasteiger partial charge on any atom is -0.369 e. The largest absolute Gasteiger partial charge is 0.369 e. The summed E-state index contributed by atoms with van der Waals surface area (Å²) in [6.45, 7) is 5.93. The summed E-state index contributed by atoms with van der Waals surface area (Å²) in [4.78, 5) is 26.8. The number of amides is 1. The van der Waals surface area contributed by atoms with Gasteiger partial charge in [0, 0.05) is 43.5 Å². The second-order valence-corrected chi connectivity index (χ2v) is 9.30. The molecule has 1 saturated carbocycles. The lowest BCUT2D eigenvalue weighted by Gasteiger charge is -2.38. The molecule has 6 rings (SSSR count). The van der Waals surface area contributed by atoms with Crippen molar-refractivity contribution < 1.29 is 9.18 Å². The van der Waals surface area contributed by atoms with E-state index < -0.39 is 11.7 Å². The van der Waals surface area contributed by atoms with E-state index >= 15 is 0 Å². The van der Waals surface area contributed by atoms with Crippen molar-refractivity contribution in [3.63, 3.8) is 0 Å². The van der Waals surface area contributed by atoms with Crippen LogP contribution in [0.2, 0.25) is 0 Å². The second-order valence-electron chi connectivity index (χ2n) is 9.30. The highest BCUT2D eigenvalue weighted by Crippen LogP contribution is 2.41. The fourth-order valence-electron chi connectivity index (χ4n) is 5.13. The maximum absolute atomic E-state index is 15.0. The van der Waals surface area contributed by atoms with Crippen LogP contribution in [0.15, 0.2) is 30.6 Å². The van der Waals surface area contributed by atoms with Crippen LogP contribution in [-0.4, -0.2) is 57.4 Å². The predicted octanol–water partition coefficient (Wildman–Crippen LogP) is 3.59. The van der Waals surface area contributed by atoms with E-state index in [2.05, 4.69) is 25.1 Å². The molecule has 3 aromatic rings. The Hall–Kier alpha value is -3.00. The summed E-state index contributed by atoms with van der Waals surface area (Å²) in [5.74, 6) is -0.189. The zero-order valence-electron chi connectivity index (χ0n) is 18.2. The third kappa shape index (κ3) is 3.52. The van der Waals surface area contributed by atoms with Gasteiger partial charge in [0.25, 0.3) is 5.91 Å². The van der Waals surface area contributed by atoms with Gasteiger partial charge in [0.1, 0.15) is 11.6 Å². The Morgan fingerprint density at radius 2 is 2.00 bits per heavy atom. The van der Waals surface area contributed by atoms with E-state index in [0.29, 0.717) is 17.8 Å². The zero-order chi connectivity index (χ0) is 21.8. The summed E-state index contributed by atoms with van der Waals surface area (Å²) in [7, 11) is 0. The molecule has 8 heteroatoms. The smallest absolute Gasteiger partial charge is 0.259 e. The molecule has 1 atom stereocenters. The number of halogens is 1. The molecule has 7 nitrogen and oxygen atoms in total. The molecule has 32 heavy (non-hydrogen) atoms. The van der Waals surface area contributed by atoms with Crippen LogP contribution in [0.5, 0.6) is 0 Å². The lowest BCUT2D eigenvalue weighted by molar-refractivity contribution is 0.102. The Balaban J connectivity index is 1.22. The van der Waals surface area contributed by atoms with E-state index in [4.69, 9.17) is 0 Å². The average molecular weight is 435 g/mol. The van der Waals surface area contributed by atoms with Crippen LogP contribution in [0.4, 0.5) is 15.9 Å². The Kier molecular flexibility index (Phi) is 4.64. The lowest BCUT2D eigenvalue weighted by Crippen LogP contribution is -2.50. The maximum Gasteiger partial charge on any atom is 0.259 e. The van der Waals surface area contributed by atoms with Crippen LogP contribution in [0.25, 0.3) is 5.65 Å². The van der Waals surface area contributed by atoms with E-state index in [9.17, 15) is 9.18 Å². The van der Waals surface area contributed by atoms with Crippen LogP contribution < -0.4 is 10.2 Å². The van der Waals surface area contributed by atoms with Gasteiger partial charge in [0.15, 0.2) is 5.65 Å². The number of aryl methyl sites for hydroxylation is 1. The number of nitrogens with zero attached hydrogens (tertiary/aromatic N) is 5. The second kappa shape index (κ2) is 7.55. The molecule has 0 spiro atoms. The molecule has 3 aliphatic rings. The normalized spacial score (nSPS) is 21.2. The zero-order valence-corrected chi connectivity index (χ0v) is 18.2. The third-order valence-corrected chi connectivity index (χ3v) is 6.94. The quantitative estimate of drug-likeness (QED) is 0.680. The number of rotatable bonds is 4. The van der Waals surface area contributed by atoms with Crippen molar-refractivity contribution in [2.75, 3.05) is 36.4 Å². The molecule has 4 heterocycles. The van der Waals surface area contributed by atoms with E-state index in [0.717, 1.165) is 55.2 Å². The van der Waals surface area contributed by atoms with Crippen LogP contribution >= 0.6 is 0 Å². The number of aromatic nitrogens is 3. The van der Waals surface area contributed by atoms with Gasteiger partial charge in [0.05, 0.1) is 23.1 Å². The van der Waals surface area contributed by atoms with Gasteiger partial charge in [0.2, 0.25) is 0 Å². The Morgan fingerprint density at radius 1 is 1.12 bits per heavy atom. The fourth-order valence-corrected chi connectivity index (χ4v) is 5.13. The van der Waals surface area contributed by atoms with E-state index in [1.54, 1.807) is 12.3 Å². The van der Waals surface area contributed by atoms with E-state index in [-0.39, 0.29) is 5.56 Å². The molecule has 1 aromatic carbocycles. The highest BCUT2D eigenvalue weighted by Gasteiger charge is 2.31. The first-order valence-corrected chi connectivity index (χ1v) is 11.5. The number of carbonyl (C=O) groups is 1. The topological polar surface area (TPSA) is 65.8 Å². The molecule has 166 valence electrons. The molecule has 0 radical (unpaired) electrons. The number of hydrogen-bond acceptors (Lipinski definition) is 5. The van der Waals surface area contributed by atoms with Crippen molar-refractivity contribution in [3.05, 3.63) is 53.4 Å². The summed E-state index contributed by atoms with van der Waals surface area (Å²) in [6, 6.07) is 5.49. The molecule has 1 aliphatic carbocycles. The monoisotopic (exact) mass is 434 g/mol. The molecule has 3 fully saturated rings. The number of nitrogens with one attached hydrogen (secondary N) is 1. The highest BCUT2D eigenvalue weighted by molar-refractivity contribution is 6.04. The van der Waals surface area contributed by atoms with Gasteiger partial charge in [-0.1, -0.05) is 0 Å². The minimum absolute atomic E-state index is 0.0323. The molecule has 2 aromatic heterocycles. The van der Waals surface area contributed by atoms with Gasteiger partial charge < -0.3 is 14.6 Å². The molecule has 0 unspecified atom stereocenters. The standard InChI is InChI=1S/C24H27FN6O/c1-15-12-31-14-21(27-22(16-4-5-16)23(31)26-15)28-24(32)19-7-6-17(11-20(19)25)30-10-9-29-8-2-3-18(29)13-30/h6-7,11-12,14,16,18H,2-5,8-10,13H2,1H3,(H,28,32)/t18-/m1/s1. The van der Waals surface area contributed by atoms with Crippen molar-refractivity contribution in [2.24, 2.45) is 0 Å². The first-order valence-electron chi connectivity index (χ1n) is 11.5. The number of imidazole rings is 1.